The molecule has 2 rings (SSSR count). The van der Waals surface area contributed by atoms with Gasteiger partial charge in [-0.3, -0.25) is 13.9 Å². The number of hydrogen-bond donors (Lipinski definition) is 1. The van der Waals surface area contributed by atoms with Gasteiger partial charge in [-0.2, -0.15) is 0 Å². The first-order valence-electron chi connectivity index (χ1n) is 11.3. The fourth-order valence-corrected chi connectivity index (χ4v) is 4.45. The molecule has 0 aliphatic heterocycles. The highest BCUT2D eigenvalue weighted by molar-refractivity contribution is 7.92. The second-order valence-corrected chi connectivity index (χ2v) is 11.5. The summed E-state index contributed by atoms with van der Waals surface area (Å²) in [5.41, 5.74) is 0.368. The molecule has 0 aromatic heterocycles. The summed E-state index contributed by atoms with van der Waals surface area (Å²) in [6, 6.07) is 12.7. The van der Waals surface area contributed by atoms with Crippen molar-refractivity contribution in [1.29, 1.82) is 0 Å². The van der Waals surface area contributed by atoms with Gasteiger partial charge in [-0.05, 0) is 58.4 Å². The highest BCUT2D eigenvalue weighted by Crippen LogP contribution is 2.30. The summed E-state index contributed by atoms with van der Waals surface area (Å²) >= 11 is 6.33. The van der Waals surface area contributed by atoms with Crippen molar-refractivity contribution < 1.29 is 22.7 Å². The van der Waals surface area contributed by atoms with E-state index in [1.807, 2.05) is 20.8 Å². The first-order chi connectivity index (χ1) is 16.2. The first-order valence-corrected chi connectivity index (χ1v) is 13.5. The van der Waals surface area contributed by atoms with Gasteiger partial charge in [0, 0.05) is 17.1 Å². The van der Waals surface area contributed by atoms with Crippen LogP contribution in [0.1, 0.15) is 40.2 Å². The lowest BCUT2D eigenvalue weighted by atomic mass is 10.1. The van der Waals surface area contributed by atoms with Gasteiger partial charge >= 0.3 is 0 Å². The summed E-state index contributed by atoms with van der Waals surface area (Å²) < 4.78 is 32.1. The molecule has 0 radical (unpaired) electrons. The van der Waals surface area contributed by atoms with E-state index < -0.39 is 34.1 Å². The van der Waals surface area contributed by atoms with Gasteiger partial charge in [-0.1, -0.05) is 41.9 Å². The van der Waals surface area contributed by atoms with Crippen molar-refractivity contribution in [2.75, 3.05) is 23.7 Å². The summed E-state index contributed by atoms with van der Waals surface area (Å²) in [5.74, 6) is -0.582. The number of halogens is 1. The minimum absolute atomic E-state index is 0.0297. The van der Waals surface area contributed by atoms with Crippen LogP contribution < -0.4 is 14.4 Å². The van der Waals surface area contributed by atoms with Crippen molar-refractivity contribution in [2.45, 2.75) is 52.7 Å². The maximum Gasteiger partial charge on any atom is 0.244 e. The molecule has 2 amide bonds. The van der Waals surface area contributed by atoms with Crippen molar-refractivity contribution in [2.24, 2.45) is 0 Å². The lowest BCUT2D eigenvalue weighted by molar-refractivity contribution is -0.140. The Morgan fingerprint density at radius 3 is 2.26 bits per heavy atom. The number of nitrogens with one attached hydrogen (secondary N) is 1. The number of carbonyl (C=O) groups excluding carboxylic acids is 2. The summed E-state index contributed by atoms with van der Waals surface area (Å²) in [6.07, 6.45) is 1.02. The van der Waals surface area contributed by atoms with Gasteiger partial charge in [0.25, 0.3) is 0 Å². The lowest BCUT2D eigenvalue weighted by Gasteiger charge is -2.33. The zero-order valence-electron chi connectivity index (χ0n) is 21.0. The molecule has 0 saturated carbocycles. The quantitative estimate of drug-likeness (QED) is 0.510. The molecule has 2 aromatic carbocycles. The zero-order valence-corrected chi connectivity index (χ0v) is 22.6. The number of benzene rings is 2. The molecule has 2 aromatic rings. The van der Waals surface area contributed by atoms with Gasteiger partial charge in [-0.25, -0.2) is 8.42 Å². The Hall–Kier alpha value is -2.78. The van der Waals surface area contributed by atoms with E-state index in [1.54, 1.807) is 62.4 Å². The van der Waals surface area contributed by atoms with Gasteiger partial charge in [0.1, 0.15) is 18.3 Å². The van der Waals surface area contributed by atoms with Crippen LogP contribution in [0, 0.1) is 0 Å². The predicted molar refractivity (Wildman–Crippen MR) is 139 cm³/mol. The first kappa shape index (κ1) is 28.5. The summed E-state index contributed by atoms with van der Waals surface area (Å²) in [4.78, 5) is 27.9. The Kier molecular flexibility index (Phi) is 9.57. The van der Waals surface area contributed by atoms with E-state index in [0.29, 0.717) is 22.9 Å². The third kappa shape index (κ3) is 8.14. The van der Waals surface area contributed by atoms with Crippen molar-refractivity contribution >= 4 is 39.1 Å². The van der Waals surface area contributed by atoms with Crippen molar-refractivity contribution in [1.82, 2.24) is 10.2 Å². The Balaban J connectivity index is 2.47. The molecular formula is C25H34ClN3O5S. The molecule has 192 valence electrons. The van der Waals surface area contributed by atoms with Gasteiger partial charge in [0.05, 0.1) is 18.6 Å². The van der Waals surface area contributed by atoms with Crippen LogP contribution in [-0.2, 0) is 26.2 Å². The molecule has 1 N–H and O–H groups in total. The van der Waals surface area contributed by atoms with Crippen LogP contribution in [0.2, 0.25) is 5.02 Å². The maximum atomic E-state index is 13.6. The van der Waals surface area contributed by atoms with Crippen LogP contribution in [0.5, 0.6) is 5.75 Å². The number of nitrogens with zero attached hydrogens (tertiary/aromatic N) is 2. The van der Waals surface area contributed by atoms with E-state index in [2.05, 4.69) is 5.32 Å². The molecule has 0 spiro atoms. The molecule has 0 unspecified atom stereocenters. The monoisotopic (exact) mass is 523 g/mol. The zero-order chi connectivity index (χ0) is 26.4. The van der Waals surface area contributed by atoms with E-state index in [9.17, 15) is 18.0 Å². The molecular weight excluding hydrogens is 490 g/mol. The molecule has 0 fully saturated rings. The highest BCUT2D eigenvalue weighted by Gasteiger charge is 2.32. The summed E-state index contributed by atoms with van der Waals surface area (Å²) in [7, 11) is -3.86. The Labute approximate surface area is 213 Å². The predicted octanol–water partition coefficient (Wildman–Crippen LogP) is 3.84. The largest absolute Gasteiger partial charge is 0.492 e. The third-order valence-corrected chi connectivity index (χ3v) is 6.57. The molecule has 0 saturated heterocycles. The molecule has 0 bridgehead atoms. The fourth-order valence-electron chi connectivity index (χ4n) is 3.40. The number of sulfonamides is 1. The number of amides is 2. The Morgan fingerprint density at radius 2 is 1.69 bits per heavy atom. The van der Waals surface area contributed by atoms with Crippen molar-refractivity contribution in [3.05, 3.63) is 59.1 Å². The average molecular weight is 524 g/mol. The molecule has 35 heavy (non-hydrogen) atoms. The van der Waals surface area contributed by atoms with Crippen LogP contribution >= 0.6 is 11.6 Å². The second-order valence-electron chi connectivity index (χ2n) is 9.20. The number of hydrogen-bond acceptors (Lipinski definition) is 5. The molecule has 0 aliphatic rings. The Morgan fingerprint density at radius 1 is 1.09 bits per heavy atom. The number of ether oxygens (including phenoxy) is 1. The van der Waals surface area contributed by atoms with E-state index in [1.165, 1.54) is 4.90 Å². The second kappa shape index (κ2) is 11.8. The average Bonchev–Trinajstić information content (AvgIpc) is 2.75. The van der Waals surface area contributed by atoms with Gasteiger partial charge in [0.15, 0.2) is 0 Å². The van der Waals surface area contributed by atoms with Gasteiger partial charge in [-0.15, -0.1) is 0 Å². The molecule has 0 aliphatic carbocycles. The van der Waals surface area contributed by atoms with Crippen molar-refractivity contribution in [3.8, 4) is 5.75 Å². The Bertz CT molecular complexity index is 1150. The van der Waals surface area contributed by atoms with Gasteiger partial charge in [0.2, 0.25) is 21.8 Å². The smallest absolute Gasteiger partial charge is 0.244 e. The van der Waals surface area contributed by atoms with Crippen molar-refractivity contribution in [3.63, 3.8) is 0 Å². The maximum absolute atomic E-state index is 13.6. The number of anilines is 1. The minimum atomic E-state index is -3.86. The third-order valence-electron chi connectivity index (χ3n) is 5.08. The van der Waals surface area contributed by atoms with Crippen LogP contribution in [0.25, 0.3) is 0 Å². The fraction of sp³-hybridized carbons (Fsp3) is 0.440. The highest BCUT2D eigenvalue weighted by atomic mass is 35.5. The molecule has 0 heterocycles. The standard InChI is InChI=1S/C25H34ClN3O5S/c1-7-34-22-15-11-10-14-21(22)29(35(6,32)33)17-23(30)28(16-19-12-8-9-13-20(19)26)18(2)24(31)27-25(3,4)5/h8-15,18H,7,16-17H2,1-6H3,(H,27,31)/t18-/m1/s1. The normalized spacial score (nSPS) is 12.5. The van der Waals surface area contributed by atoms with E-state index >= 15 is 0 Å². The molecule has 1 atom stereocenters. The van der Waals surface area contributed by atoms with Gasteiger partial charge < -0.3 is 15.0 Å². The number of rotatable bonds is 10. The number of carbonyl (C=O) groups is 2. The topological polar surface area (TPSA) is 96.0 Å². The summed E-state index contributed by atoms with van der Waals surface area (Å²) in [6.45, 7) is 8.76. The lowest BCUT2D eigenvalue weighted by Crippen LogP contribution is -2.54. The van der Waals surface area contributed by atoms with Crippen LogP contribution in [0.4, 0.5) is 5.69 Å². The summed E-state index contributed by atoms with van der Waals surface area (Å²) in [5, 5.41) is 3.32. The van der Waals surface area contributed by atoms with Crippen LogP contribution in [0.15, 0.2) is 48.5 Å². The van der Waals surface area contributed by atoms with E-state index in [-0.39, 0.29) is 18.1 Å². The van der Waals surface area contributed by atoms with E-state index in [4.69, 9.17) is 16.3 Å². The molecule has 8 nitrogen and oxygen atoms in total. The van der Waals surface area contributed by atoms with E-state index in [0.717, 1.165) is 10.6 Å². The SMILES string of the molecule is CCOc1ccccc1N(CC(=O)N(Cc1ccccc1Cl)[C@H](C)C(=O)NC(C)(C)C)S(C)(=O)=O. The van der Waals surface area contributed by atoms with Crippen LogP contribution in [0.3, 0.4) is 0 Å². The minimum Gasteiger partial charge on any atom is -0.492 e. The molecule has 10 heteroatoms. The van der Waals surface area contributed by atoms with Crippen LogP contribution in [-0.4, -0.2) is 56.1 Å². The number of para-hydroxylation sites is 2.